The second-order valence-corrected chi connectivity index (χ2v) is 6.88. The zero-order valence-corrected chi connectivity index (χ0v) is 12.5. The molecule has 0 saturated carbocycles. The fraction of sp³-hybridized carbons (Fsp3) is 0.462. The van der Waals surface area contributed by atoms with E-state index in [9.17, 15) is 19.1 Å². The number of nitro groups is 1. The van der Waals surface area contributed by atoms with E-state index in [1.54, 1.807) is 4.90 Å². The minimum atomic E-state index is -0.891. The fourth-order valence-corrected chi connectivity index (χ4v) is 3.23. The predicted octanol–water partition coefficient (Wildman–Crippen LogP) is 1.97. The number of hydrogen-bond donors (Lipinski definition) is 1. The summed E-state index contributed by atoms with van der Waals surface area (Å²) in [7, 11) is -0.891. The summed E-state index contributed by atoms with van der Waals surface area (Å²) in [6.07, 6.45) is 0.709. The number of nitrogens with one attached hydrogen (secondary N) is 1. The van der Waals surface area contributed by atoms with Crippen molar-refractivity contribution in [3.05, 3.63) is 34.4 Å². The molecule has 1 aliphatic heterocycles. The number of urea groups is 1. The SMILES string of the molecule is CC1CCN(C(=O)Nc2ccc([N+](=O)[O-])cc2)CCS1=O. The van der Waals surface area contributed by atoms with E-state index in [1.807, 2.05) is 6.92 Å². The number of anilines is 1. The van der Waals surface area contributed by atoms with Crippen LogP contribution in [0.15, 0.2) is 24.3 Å². The van der Waals surface area contributed by atoms with Gasteiger partial charge >= 0.3 is 6.03 Å². The topological polar surface area (TPSA) is 92.6 Å². The summed E-state index contributed by atoms with van der Waals surface area (Å²) in [6.45, 7) is 2.94. The Labute approximate surface area is 124 Å². The third-order valence-electron chi connectivity index (χ3n) is 3.43. The van der Waals surface area contributed by atoms with Gasteiger partial charge in [-0.25, -0.2) is 4.79 Å². The lowest BCUT2D eigenvalue weighted by Gasteiger charge is -2.20. The van der Waals surface area contributed by atoms with E-state index < -0.39 is 15.7 Å². The minimum Gasteiger partial charge on any atom is -0.324 e. The van der Waals surface area contributed by atoms with Crippen LogP contribution in [0.5, 0.6) is 0 Å². The smallest absolute Gasteiger partial charge is 0.321 e. The molecule has 1 aromatic rings. The van der Waals surface area contributed by atoms with Crippen LogP contribution in [0.2, 0.25) is 0 Å². The molecule has 2 atom stereocenters. The van der Waals surface area contributed by atoms with E-state index in [1.165, 1.54) is 24.3 Å². The Kier molecular flexibility index (Phi) is 4.89. The summed E-state index contributed by atoms with van der Waals surface area (Å²) in [5.74, 6) is 0.481. The molecule has 1 saturated heterocycles. The Hall–Kier alpha value is -1.96. The third-order valence-corrected chi connectivity index (χ3v) is 5.15. The van der Waals surface area contributed by atoms with Gasteiger partial charge in [-0.05, 0) is 18.6 Å². The molecule has 2 unspecified atom stereocenters. The molecule has 0 aromatic heterocycles. The lowest BCUT2D eigenvalue weighted by molar-refractivity contribution is -0.384. The van der Waals surface area contributed by atoms with Crippen LogP contribution in [0.4, 0.5) is 16.2 Å². The summed E-state index contributed by atoms with van der Waals surface area (Å²) in [6, 6.07) is 5.41. The number of carbonyl (C=O) groups is 1. The molecule has 0 bridgehead atoms. The van der Waals surface area contributed by atoms with Crippen molar-refractivity contribution in [1.82, 2.24) is 4.90 Å². The zero-order valence-electron chi connectivity index (χ0n) is 11.7. The molecule has 1 fully saturated rings. The summed E-state index contributed by atoms with van der Waals surface area (Å²) in [5.41, 5.74) is 0.482. The van der Waals surface area contributed by atoms with Crippen molar-refractivity contribution in [2.75, 3.05) is 24.2 Å². The van der Waals surface area contributed by atoms with E-state index in [2.05, 4.69) is 5.32 Å². The predicted molar refractivity (Wildman–Crippen MR) is 80.8 cm³/mol. The van der Waals surface area contributed by atoms with Gasteiger partial charge in [-0.1, -0.05) is 6.92 Å². The van der Waals surface area contributed by atoms with Crippen LogP contribution >= 0.6 is 0 Å². The van der Waals surface area contributed by atoms with Crippen LogP contribution < -0.4 is 5.32 Å². The number of rotatable bonds is 2. The second-order valence-electron chi connectivity index (χ2n) is 4.91. The molecule has 2 amide bonds. The van der Waals surface area contributed by atoms with Crippen molar-refractivity contribution in [2.45, 2.75) is 18.6 Å². The molecule has 21 heavy (non-hydrogen) atoms. The Morgan fingerprint density at radius 1 is 1.38 bits per heavy atom. The minimum absolute atomic E-state index is 0.0213. The van der Waals surface area contributed by atoms with Gasteiger partial charge in [-0.3, -0.25) is 14.3 Å². The summed E-state index contributed by atoms with van der Waals surface area (Å²) in [4.78, 5) is 23.8. The highest BCUT2D eigenvalue weighted by Crippen LogP contribution is 2.16. The average Bonchev–Trinajstić information content (AvgIpc) is 2.62. The van der Waals surface area contributed by atoms with Gasteiger partial charge in [0.05, 0.1) is 4.92 Å². The number of nitro benzene ring substituents is 1. The quantitative estimate of drug-likeness (QED) is 0.667. The number of nitrogens with zero attached hydrogens (tertiary/aromatic N) is 2. The molecule has 7 nitrogen and oxygen atoms in total. The molecule has 1 aromatic carbocycles. The maximum absolute atomic E-state index is 12.1. The standard InChI is InChI=1S/C13H17N3O4S/c1-10-6-7-15(8-9-21(10)20)13(17)14-11-2-4-12(5-3-11)16(18)19/h2-5,10H,6-9H2,1H3,(H,14,17). The van der Waals surface area contributed by atoms with Gasteiger partial charge in [-0.2, -0.15) is 0 Å². The van der Waals surface area contributed by atoms with Gasteiger partial charge < -0.3 is 10.2 Å². The second kappa shape index (κ2) is 6.66. The first-order chi connectivity index (χ1) is 9.97. The number of amides is 2. The first kappa shape index (κ1) is 15.4. The molecule has 0 spiro atoms. The molecule has 1 aliphatic rings. The van der Waals surface area contributed by atoms with Crippen LogP contribution in [0, 0.1) is 10.1 Å². The van der Waals surface area contributed by atoms with Gasteiger partial charge in [0.25, 0.3) is 5.69 Å². The summed E-state index contributed by atoms with van der Waals surface area (Å²) >= 11 is 0. The number of non-ortho nitro benzene ring substituents is 1. The van der Waals surface area contributed by atoms with Crippen molar-refractivity contribution in [3.63, 3.8) is 0 Å². The highest BCUT2D eigenvalue weighted by atomic mass is 32.2. The van der Waals surface area contributed by atoms with Crippen molar-refractivity contribution in [3.8, 4) is 0 Å². The van der Waals surface area contributed by atoms with Crippen molar-refractivity contribution >= 4 is 28.2 Å². The lowest BCUT2D eigenvalue weighted by Crippen LogP contribution is -2.36. The molecule has 114 valence electrons. The van der Waals surface area contributed by atoms with Gasteiger partial charge in [0.15, 0.2) is 0 Å². The lowest BCUT2D eigenvalue weighted by atomic mass is 10.3. The van der Waals surface area contributed by atoms with Crippen LogP contribution in [0.25, 0.3) is 0 Å². The molecule has 0 radical (unpaired) electrons. The molecular weight excluding hydrogens is 294 g/mol. The highest BCUT2D eigenvalue weighted by molar-refractivity contribution is 7.85. The first-order valence-corrected chi connectivity index (χ1v) is 8.03. The number of benzene rings is 1. The highest BCUT2D eigenvalue weighted by Gasteiger charge is 2.22. The van der Waals surface area contributed by atoms with Crippen molar-refractivity contribution in [2.24, 2.45) is 0 Å². The van der Waals surface area contributed by atoms with Crippen molar-refractivity contribution < 1.29 is 13.9 Å². The van der Waals surface area contributed by atoms with Crippen LogP contribution in [0.1, 0.15) is 13.3 Å². The molecule has 2 rings (SSSR count). The molecular formula is C13H17N3O4S. The summed E-state index contributed by atoms with van der Waals surface area (Å²) in [5, 5.41) is 13.4. The zero-order chi connectivity index (χ0) is 15.4. The molecule has 1 N–H and O–H groups in total. The molecule has 1 heterocycles. The van der Waals surface area contributed by atoms with E-state index >= 15 is 0 Å². The maximum Gasteiger partial charge on any atom is 0.321 e. The van der Waals surface area contributed by atoms with E-state index in [0.717, 1.165) is 0 Å². The molecule has 8 heteroatoms. The Bertz CT molecular complexity index is 561. The van der Waals surface area contributed by atoms with Crippen LogP contribution in [-0.4, -0.2) is 44.2 Å². The van der Waals surface area contributed by atoms with E-state index in [0.29, 0.717) is 31.0 Å². The van der Waals surface area contributed by atoms with E-state index in [-0.39, 0.29) is 17.0 Å². The molecule has 0 aliphatic carbocycles. The monoisotopic (exact) mass is 311 g/mol. The largest absolute Gasteiger partial charge is 0.324 e. The van der Waals surface area contributed by atoms with E-state index in [4.69, 9.17) is 0 Å². The normalized spacial score (nSPS) is 22.4. The maximum atomic E-state index is 12.1. The first-order valence-electron chi connectivity index (χ1n) is 6.65. The van der Waals surface area contributed by atoms with Gasteiger partial charge in [0.2, 0.25) is 0 Å². The number of hydrogen-bond acceptors (Lipinski definition) is 4. The Balaban J connectivity index is 1.97. The number of carbonyl (C=O) groups excluding carboxylic acids is 1. The van der Waals surface area contributed by atoms with Crippen molar-refractivity contribution in [1.29, 1.82) is 0 Å². The van der Waals surface area contributed by atoms with Gasteiger partial charge in [-0.15, -0.1) is 0 Å². The fourth-order valence-electron chi connectivity index (χ4n) is 2.05. The van der Waals surface area contributed by atoms with Crippen LogP contribution in [0.3, 0.4) is 0 Å². The van der Waals surface area contributed by atoms with Gasteiger partial charge in [0.1, 0.15) is 0 Å². The van der Waals surface area contributed by atoms with Crippen LogP contribution in [-0.2, 0) is 10.8 Å². The summed E-state index contributed by atoms with van der Waals surface area (Å²) < 4.78 is 11.7. The van der Waals surface area contributed by atoms with Gasteiger partial charge in [0, 0.05) is 52.7 Å². The Morgan fingerprint density at radius 2 is 2.05 bits per heavy atom. The third kappa shape index (κ3) is 4.01. The Morgan fingerprint density at radius 3 is 2.67 bits per heavy atom. The average molecular weight is 311 g/mol.